The maximum absolute atomic E-state index is 13.3. The first-order valence-corrected chi connectivity index (χ1v) is 6.08. The van der Waals surface area contributed by atoms with E-state index in [4.69, 9.17) is 5.73 Å². The molecule has 0 aliphatic carbocycles. The number of nitrogens with two attached hydrogens (primary N) is 1. The summed E-state index contributed by atoms with van der Waals surface area (Å²) in [6, 6.07) is 11.1. The van der Waals surface area contributed by atoms with Crippen LogP contribution >= 0.6 is 0 Å². The number of halogens is 1. The molecule has 94 valence electrons. The van der Waals surface area contributed by atoms with Crippen molar-refractivity contribution in [1.82, 2.24) is 0 Å². The average Bonchev–Trinajstić information content (AvgIpc) is 2.35. The van der Waals surface area contributed by atoms with Gasteiger partial charge in [0.05, 0.1) is 6.04 Å². The van der Waals surface area contributed by atoms with Crippen LogP contribution in [0.2, 0.25) is 0 Å². The highest BCUT2D eigenvalue weighted by molar-refractivity contribution is 5.39. The fourth-order valence-corrected chi connectivity index (χ4v) is 2.14. The first-order chi connectivity index (χ1) is 8.49. The number of aryl methyl sites for hydroxylation is 3. The Bertz CT molecular complexity index is 575. The highest BCUT2D eigenvalue weighted by Crippen LogP contribution is 2.25. The minimum absolute atomic E-state index is 0.188. The van der Waals surface area contributed by atoms with Crippen molar-refractivity contribution in [2.45, 2.75) is 26.8 Å². The Kier molecular flexibility index (Phi) is 3.48. The maximum Gasteiger partial charge on any atom is 0.126 e. The number of benzene rings is 2. The van der Waals surface area contributed by atoms with Gasteiger partial charge in [0, 0.05) is 0 Å². The van der Waals surface area contributed by atoms with E-state index in [-0.39, 0.29) is 11.9 Å². The molecule has 0 fully saturated rings. The molecule has 0 aromatic heterocycles. The zero-order valence-electron chi connectivity index (χ0n) is 11.0. The standard InChI is InChI=1S/C16H18FN/c1-10-4-5-11(2)14(8-10)16(18)13-6-7-15(17)12(3)9-13/h4-9,16H,18H2,1-3H3. The topological polar surface area (TPSA) is 26.0 Å². The molecule has 0 aliphatic rings. The summed E-state index contributed by atoms with van der Waals surface area (Å²) in [6.45, 7) is 5.85. The molecule has 0 spiro atoms. The van der Waals surface area contributed by atoms with Gasteiger partial charge in [0.1, 0.15) is 5.82 Å². The van der Waals surface area contributed by atoms with Crippen LogP contribution in [0.5, 0.6) is 0 Å². The highest BCUT2D eigenvalue weighted by Gasteiger charge is 2.12. The second kappa shape index (κ2) is 4.91. The van der Waals surface area contributed by atoms with E-state index in [1.807, 2.05) is 19.9 Å². The largest absolute Gasteiger partial charge is 0.320 e. The van der Waals surface area contributed by atoms with Gasteiger partial charge in [0.2, 0.25) is 0 Å². The molecule has 2 rings (SSSR count). The number of hydrogen-bond acceptors (Lipinski definition) is 1. The summed E-state index contributed by atoms with van der Waals surface area (Å²) >= 11 is 0. The van der Waals surface area contributed by atoms with Crippen LogP contribution in [0.3, 0.4) is 0 Å². The zero-order chi connectivity index (χ0) is 13.3. The van der Waals surface area contributed by atoms with E-state index in [9.17, 15) is 4.39 Å². The van der Waals surface area contributed by atoms with Crippen LogP contribution < -0.4 is 5.73 Å². The van der Waals surface area contributed by atoms with Crippen molar-refractivity contribution in [3.63, 3.8) is 0 Å². The monoisotopic (exact) mass is 243 g/mol. The Labute approximate surface area is 107 Å². The second-order valence-corrected chi connectivity index (χ2v) is 4.85. The third kappa shape index (κ3) is 2.44. The highest BCUT2D eigenvalue weighted by atomic mass is 19.1. The maximum atomic E-state index is 13.3. The minimum Gasteiger partial charge on any atom is -0.320 e. The van der Waals surface area contributed by atoms with Crippen LogP contribution in [0.4, 0.5) is 4.39 Å². The van der Waals surface area contributed by atoms with Gasteiger partial charge in [-0.1, -0.05) is 35.9 Å². The molecule has 0 amide bonds. The van der Waals surface area contributed by atoms with Crippen molar-refractivity contribution >= 4 is 0 Å². The SMILES string of the molecule is Cc1ccc(C)c(C(N)c2ccc(F)c(C)c2)c1. The molecule has 0 saturated carbocycles. The zero-order valence-corrected chi connectivity index (χ0v) is 11.0. The van der Waals surface area contributed by atoms with Gasteiger partial charge in [0.15, 0.2) is 0 Å². The van der Waals surface area contributed by atoms with Gasteiger partial charge in [-0.15, -0.1) is 0 Å². The summed E-state index contributed by atoms with van der Waals surface area (Å²) in [6.07, 6.45) is 0. The molecule has 1 unspecified atom stereocenters. The smallest absolute Gasteiger partial charge is 0.126 e. The van der Waals surface area contributed by atoms with Crippen molar-refractivity contribution in [3.05, 3.63) is 70.0 Å². The van der Waals surface area contributed by atoms with Crippen molar-refractivity contribution in [2.24, 2.45) is 5.73 Å². The van der Waals surface area contributed by atoms with Crippen LogP contribution in [-0.4, -0.2) is 0 Å². The summed E-state index contributed by atoms with van der Waals surface area (Å²) in [5.74, 6) is -0.188. The Hall–Kier alpha value is -1.67. The van der Waals surface area contributed by atoms with Crippen LogP contribution in [0, 0.1) is 26.6 Å². The Morgan fingerprint density at radius 3 is 2.33 bits per heavy atom. The quantitative estimate of drug-likeness (QED) is 0.853. The van der Waals surface area contributed by atoms with Gasteiger partial charge in [-0.2, -0.15) is 0 Å². The second-order valence-electron chi connectivity index (χ2n) is 4.85. The molecule has 0 heterocycles. The van der Waals surface area contributed by atoms with Crippen molar-refractivity contribution < 1.29 is 4.39 Å². The third-order valence-corrected chi connectivity index (χ3v) is 3.31. The molecule has 2 aromatic rings. The number of rotatable bonds is 2. The molecule has 2 heteroatoms. The summed E-state index contributed by atoms with van der Waals surface area (Å²) in [4.78, 5) is 0. The summed E-state index contributed by atoms with van der Waals surface area (Å²) in [7, 11) is 0. The Morgan fingerprint density at radius 2 is 1.67 bits per heavy atom. The first-order valence-electron chi connectivity index (χ1n) is 6.08. The van der Waals surface area contributed by atoms with Crippen LogP contribution in [0.25, 0.3) is 0 Å². The van der Waals surface area contributed by atoms with E-state index in [1.165, 1.54) is 11.6 Å². The fraction of sp³-hybridized carbons (Fsp3) is 0.250. The van der Waals surface area contributed by atoms with Crippen molar-refractivity contribution in [2.75, 3.05) is 0 Å². The van der Waals surface area contributed by atoms with E-state index in [0.717, 1.165) is 16.7 Å². The van der Waals surface area contributed by atoms with E-state index in [1.54, 1.807) is 13.0 Å². The normalized spacial score (nSPS) is 12.5. The molecular weight excluding hydrogens is 225 g/mol. The lowest BCUT2D eigenvalue weighted by Gasteiger charge is -2.16. The van der Waals surface area contributed by atoms with Gasteiger partial charge in [-0.05, 0) is 49.1 Å². The molecular formula is C16H18FN. The molecule has 0 radical (unpaired) electrons. The van der Waals surface area contributed by atoms with Crippen LogP contribution in [0.15, 0.2) is 36.4 Å². The number of hydrogen-bond donors (Lipinski definition) is 1. The summed E-state index contributed by atoms with van der Waals surface area (Å²) < 4.78 is 13.3. The molecule has 2 N–H and O–H groups in total. The van der Waals surface area contributed by atoms with Crippen LogP contribution in [-0.2, 0) is 0 Å². The van der Waals surface area contributed by atoms with E-state index >= 15 is 0 Å². The van der Waals surface area contributed by atoms with Crippen molar-refractivity contribution in [1.29, 1.82) is 0 Å². The molecule has 0 saturated heterocycles. The van der Waals surface area contributed by atoms with Gasteiger partial charge >= 0.3 is 0 Å². The molecule has 1 nitrogen and oxygen atoms in total. The van der Waals surface area contributed by atoms with Crippen LogP contribution in [0.1, 0.15) is 33.9 Å². The molecule has 0 aliphatic heterocycles. The summed E-state index contributed by atoms with van der Waals surface area (Å²) in [5.41, 5.74) is 11.3. The van der Waals surface area contributed by atoms with E-state index in [0.29, 0.717) is 5.56 Å². The van der Waals surface area contributed by atoms with Gasteiger partial charge in [0.25, 0.3) is 0 Å². The lowest BCUT2D eigenvalue weighted by molar-refractivity contribution is 0.617. The van der Waals surface area contributed by atoms with E-state index < -0.39 is 0 Å². The van der Waals surface area contributed by atoms with Crippen molar-refractivity contribution in [3.8, 4) is 0 Å². The minimum atomic E-state index is -0.204. The van der Waals surface area contributed by atoms with Gasteiger partial charge < -0.3 is 5.73 Å². The third-order valence-electron chi connectivity index (χ3n) is 3.31. The van der Waals surface area contributed by atoms with Gasteiger partial charge in [-0.25, -0.2) is 4.39 Å². The lowest BCUT2D eigenvalue weighted by Crippen LogP contribution is -2.13. The lowest BCUT2D eigenvalue weighted by atomic mass is 9.93. The van der Waals surface area contributed by atoms with E-state index in [2.05, 4.69) is 18.2 Å². The van der Waals surface area contributed by atoms with Gasteiger partial charge in [-0.3, -0.25) is 0 Å². The fourth-order valence-electron chi connectivity index (χ4n) is 2.14. The molecule has 1 atom stereocenters. The predicted molar refractivity (Wildman–Crippen MR) is 73.1 cm³/mol. The Morgan fingerprint density at radius 1 is 0.944 bits per heavy atom. The summed E-state index contributed by atoms with van der Waals surface area (Å²) in [5, 5.41) is 0. The predicted octanol–water partition coefficient (Wildman–Crippen LogP) is 3.80. The average molecular weight is 243 g/mol. The molecule has 2 aromatic carbocycles. The molecule has 0 bridgehead atoms. The Balaban J connectivity index is 2.44. The first kappa shape index (κ1) is 12.8. The molecule has 18 heavy (non-hydrogen) atoms.